The molecule has 84 valence electrons. The molecule has 0 radical (unpaired) electrons. The van der Waals surface area contributed by atoms with E-state index in [-0.39, 0.29) is 6.04 Å². The van der Waals surface area contributed by atoms with Crippen LogP contribution in [0.25, 0.3) is 0 Å². The molecule has 0 aliphatic rings. The molecule has 1 aromatic heterocycles. The fourth-order valence-corrected chi connectivity index (χ4v) is 2.80. The van der Waals surface area contributed by atoms with Gasteiger partial charge in [-0.3, -0.25) is 0 Å². The standard InChI is InChI=1S/C14H17NS/c1-10-8-14(16-11(10)2)13(15)9-12-6-4-3-5-7-12/h3-8,13H,9,15H2,1-2H3. The molecule has 2 rings (SSSR count). The summed E-state index contributed by atoms with van der Waals surface area (Å²) in [5, 5.41) is 0. The van der Waals surface area contributed by atoms with Gasteiger partial charge in [0.25, 0.3) is 0 Å². The summed E-state index contributed by atoms with van der Waals surface area (Å²) >= 11 is 1.82. The molecule has 0 bridgehead atoms. The Bertz CT molecular complexity index is 439. The van der Waals surface area contributed by atoms with Gasteiger partial charge in [-0.15, -0.1) is 11.3 Å². The first kappa shape index (κ1) is 11.4. The third kappa shape index (κ3) is 2.52. The Kier molecular flexibility index (Phi) is 3.42. The number of rotatable bonds is 3. The summed E-state index contributed by atoms with van der Waals surface area (Å²) < 4.78 is 0. The van der Waals surface area contributed by atoms with Crippen LogP contribution in [0, 0.1) is 13.8 Å². The summed E-state index contributed by atoms with van der Waals surface area (Å²) in [6.07, 6.45) is 0.917. The van der Waals surface area contributed by atoms with Gasteiger partial charge in [-0.1, -0.05) is 30.3 Å². The second kappa shape index (κ2) is 4.81. The lowest BCUT2D eigenvalue weighted by Gasteiger charge is -2.09. The molecule has 0 saturated heterocycles. The van der Waals surface area contributed by atoms with E-state index in [1.54, 1.807) is 0 Å². The minimum Gasteiger partial charge on any atom is -0.323 e. The minimum absolute atomic E-state index is 0.125. The minimum atomic E-state index is 0.125. The van der Waals surface area contributed by atoms with Crippen molar-refractivity contribution in [1.82, 2.24) is 0 Å². The molecule has 0 saturated carbocycles. The third-order valence-corrected chi connectivity index (χ3v) is 4.13. The van der Waals surface area contributed by atoms with Crippen LogP contribution in [0.2, 0.25) is 0 Å². The number of aryl methyl sites for hydroxylation is 2. The monoisotopic (exact) mass is 231 g/mol. The van der Waals surface area contributed by atoms with Crippen molar-refractivity contribution in [3.63, 3.8) is 0 Å². The van der Waals surface area contributed by atoms with E-state index in [0.29, 0.717) is 0 Å². The number of thiophene rings is 1. The van der Waals surface area contributed by atoms with E-state index in [2.05, 4.69) is 44.2 Å². The maximum atomic E-state index is 6.22. The maximum absolute atomic E-state index is 6.22. The van der Waals surface area contributed by atoms with Gasteiger partial charge in [-0.05, 0) is 37.5 Å². The van der Waals surface area contributed by atoms with Crippen molar-refractivity contribution >= 4 is 11.3 Å². The van der Waals surface area contributed by atoms with Crippen LogP contribution >= 0.6 is 11.3 Å². The van der Waals surface area contributed by atoms with Crippen LogP contribution < -0.4 is 5.73 Å². The molecule has 0 fully saturated rings. The van der Waals surface area contributed by atoms with Crippen molar-refractivity contribution in [1.29, 1.82) is 0 Å². The normalized spacial score (nSPS) is 12.7. The Morgan fingerprint density at radius 1 is 1.19 bits per heavy atom. The first-order valence-electron chi connectivity index (χ1n) is 5.53. The van der Waals surface area contributed by atoms with E-state index < -0.39 is 0 Å². The first-order valence-corrected chi connectivity index (χ1v) is 6.35. The summed E-state index contributed by atoms with van der Waals surface area (Å²) in [4.78, 5) is 2.66. The molecule has 1 nitrogen and oxygen atoms in total. The Labute approximate surface area is 101 Å². The van der Waals surface area contributed by atoms with Gasteiger partial charge in [-0.25, -0.2) is 0 Å². The zero-order chi connectivity index (χ0) is 11.5. The van der Waals surface area contributed by atoms with Gasteiger partial charge in [0.15, 0.2) is 0 Å². The van der Waals surface area contributed by atoms with Gasteiger partial charge in [0.05, 0.1) is 0 Å². The highest BCUT2D eigenvalue weighted by Crippen LogP contribution is 2.27. The van der Waals surface area contributed by atoms with E-state index in [0.717, 1.165) is 6.42 Å². The summed E-state index contributed by atoms with van der Waals surface area (Å²) in [7, 11) is 0. The van der Waals surface area contributed by atoms with Gasteiger partial charge in [-0.2, -0.15) is 0 Å². The second-order valence-electron chi connectivity index (χ2n) is 4.18. The summed E-state index contributed by atoms with van der Waals surface area (Å²) in [6.45, 7) is 4.29. The van der Waals surface area contributed by atoms with E-state index in [9.17, 15) is 0 Å². The molecular weight excluding hydrogens is 214 g/mol. The largest absolute Gasteiger partial charge is 0.323 e. The zero-order valence-corrected chi connectivity index (χ0v) is 10.6. The maximum Gasteiger partial charge on any atom is 0.0430 e. The predicted octanol–water partition coefficient (Wildman–Crippen LogP) is 3.61. The summed E-state index contributed by atoms with van der Waals surface area (Å²) in [6, 6.07) is 12.8. The Morgan fingerprint density at radius 3 is 2.44 bits per heavy atom. The number of benzene rings is 1. The Hall–Kier alpha value is -1.12. The third-order valence-electron chi connectivity index (χ3n) is 2.85. The Morgan fingerprint density at radius 2 is 1.88 bits per heavy atom. The van der Waals surface area contributed by atoms with Crippen LogP contribution in [0.5, 0.6) is 0 Å². The molecule has 2 aromatic rings. The van der Waals surface area contributed by atoms with Crippen molar-refractivity contribution in [3.05, 3.63) is 57.3 Å². The number of hydrogen-bond acceptors (Lipinski definition) is 2. The van der Waals surface area contributed by atoms with Crippen LogP contribution in [-0.4, -0.2) is 0 Å². The lowest BCUT2D eigenvalue weighted by atomic mass is 10.1. The SMILES string of the molecule is Cc1cc(C(N)Cc2ccccc2)sc1C. The average Bonchev–Trinajstić information content (AvgIpc) is 2.61. The fourth-order valence-electron chi connectivity index (χ4n) is 1.75. The zero-order valence-electron chi connectivity index (χ0n) is 9.73. The molecule has 1 unspecified atom stereocenters. The average molecular weight is 231 g/mol. The topological polar surface area (TPSA) is 26.0 Å². The smallest absolute Gasteiger partial charge is 0.0430 e. The molecule has 2 heteroatoms. The van der Waals surface area contributed by atoms with Crippen molar-refractivity contribution in [2.24, 2.45) is 5.73 Å². The van der Waals surface area contributed by atoms with Gasteiger partial charge in [0.2, 0.25) is 0 Å². The second-order valence-corrected chi connectivity index (χ2v) is 5.47. The molecule has 16 heavy (non-hydrogen) atoms. The molecule has 0 aliphatic carbocycles. The highest BCUT2D eigenvalue weighted by Gasteiger charge is 2.10. The van der Waals surface area contributed by atoms with Gasteiger partial charge >= 0.3 is 0 Å². The predicted molar refractivity (Wildman–Crippen MR) is 70.9 cm³/mol. The quantitative estimate of drug-likeness (QED) is 0.858. The van der Waals surface area contributed by atoms with E-state index in [1.165, 1.54) is 20.9 Å². The molecule has 0 aliphatic heterocycles. The van der Waals surface area contributed by atoms with Gasteiger partial charge in [0.1, 0.15) is 0 Å². The molecule has 2 N–H and O–H groups in total. The highest BCUT2D eigenvalue weighted by molar-refractivity contribution is 7.12. The van der Waals surface area contributed by atoms with Crippen molar-refractivity contribution in [3.8, 4) is 0 Å². The molecule has 0 spiro atoms. The summed E-state index contributed by atoms with van der Waals surface area (Å²) in [5.41, 5.74) is 8.87. The van der Waals surface area contributed by atoms with E-state index in [4.69, 9.17) is 5.73 Å². The first-order chi connectivity index (χ1) is 7.66. The van der Waals surface area contributed by atoms with Crippen molar-refractivity contribution in [2.75, 3.05) is 0 Å². The number of nitrogens with two attached hydrogens (primary N) is 1. The molecule has 1 atom stereocenters. The van der Waals surface area contributed by atoms with Crippen LogP contribution in [0.3, 0.4) is 0 Å². The Balaban J connectivity index is 2.11. The van der Waals surface area contributed by atoms with Crippen LogP contribution in [-0.2, 0) is 6.42 Å². The molecule has 1 aromatic carbocycles. The van der Waals surface area contributed by atoms with Gasteiger partial charge in [0, 0.05) is 15.8 Å². The molecule has 0 amide bonds. The van der Waals surface area contributed by atoms with Gasteiger partial charge < -0.3 is 5.73 Å². The van der Waals surface area contributed by atoms with E-state index in [1.807, 2.05) is 17.4 Å². The van der Waals surface area contributed by atoms with Crippen molar-refractivity contribution < 1.29 is 0 Å². The lowest BCUT2D eigenvalue weighted by molar-refractivity contribution is 0.736. The summed E-state index contributed by atoms with van der Waals surface area (Å²) in [5.74, 6) is 0. The molecular formula is C14H17NS. The number of hydrogen-bond donors (Lipinski definition) is 1. The van der Waals surface area contributed by atoms with Crippen molar-refractivity contribution in [2.45, 2.75) is 26.3 Å². The van der Waals surface area contributed by atoms with Crippen LogP contribution in [0.15, 0.2) is 36.4 Å². The van der Waals surface area contributed by atoms with E-state index >= 15 is 0 Å². The highest BCUT2D eigenvalue weighted by atomic mass is 32.1. The molecule has 1 heterocycles. The van der Waals surface area contributed by atoms with Crippen LogP contribution in [0.4, 0.5) is 0 Å². The lowest BCUT2D eigenvalue weighted by Crippen LogP contribution is -2.11. The van der Waals surface area contributed by atoms with Crippen LogP contribution in [0.1, 0.15) is 26.9 Å². The fraction of sp³-hybridized carbons (Fsp3) is 0.286.